The van der Waals surface area contributed by atoms with E-state index in [2.05, 4.69) is 41.3 Å². The van der Waals surface area contributed by atoms with Crippen molar-refractivity contribution in [3.05, 3.63) is 89.7 Å². The molecule has 1 aliphatic heterocycles. The average molecular weight is 517 g/mol. The second-order valence-corrected chi connectivity index (χ2v) is 10.1. The molecule has 3 atom stereocenters. The number of fused-ring (bicyclic) bond motifs is 1. The quantitative estimate of drug-likeness (QED) is 0.475. The van der Waals surface area contributed by atoms with Crippen LogP contribution in [0, 0.1) is 5.92 Å². The van der Waals surface area contributed by atoms with E-state index in [1.54, 1.807) is 41.6 Å². The van der Waals surface area contributed by atoms with Gasteiger partial charge in [0.1, 0.15) is 11.9 Å². The monoisotopic (exact) mass is 516 g/mol. The van der Waals surface area contributed by atoms with Crippen LogP contribution < -0.4 is 10.1 Å². The van der Waals surface area contributed by atoms with Crippen LogP contribution in [0.15, 0.2) is 73.1 Å². The molecule has 0 spiro atoms. The van der Waals surface area contributed by atoms with Gasteiger partial charge in [0, 0.05) is 54.8 Å². The van der Waals surface area contributed by atoms with E-state index in [1.807, 2.05) is 31.2 Å². The fraction of sp³-hybridized carbons (Fsp3) is 0.367. The number of anilines is 1. The molecule has 0 unspecified atom stereocenters. The molecule has 0 radical (unpaired) electrons. The van der Waals surface area contributed by atoms with Gasteiger partial charge in [-0.1, -0.05) is 37.3 Å². The topological polar surface area (TPSA) is 95.0 Å². The van der Waals surface area contributed by atoms with Crippen LogP contribution in [0.3, 0.4) is 0 Å². The first-order chi connectivity index (χ1) is 18.3. The number of hydrogen-bond donors (Lipinski definition) is 2. The van der Waals surface area contributed by atoms with Crippen LogP contribution >= 0.6 is 0 Å². The number of carbonyl (C=O) groups excluding carboxylic acids is 2. The molecule has 2 heterocycles. The van der Waals surface area contributed by atoms with Crippen LogP contribution in [0.25, 0.3) is 0 Å². The van der Waals surface area contributed by atoms with Crippen molar-refractivity contribution in [2.45, 2.75) is 39.0 Å². The zero-order valence-electron chi connectivity index (χ0n) is 22.2. The summed E-state index contributed by atoms with van der Waals surface area (Å²) in [6.45, 7) is 5.73. The normalized spacial score (nSPS) is 18.6. The lowest BCUT2D eigenvalue weighted by molar-refractivity contribution is -0.134. The predicted molar refractivity (Wildman–Crippen MR) is 147 cm³/mol. The summed E-state index contributed by atoms with van der Waals surface area (Å²) in [6.07, 6.45) is 3.05. The number of aliphatic hydroxyl groups is 1. The van der Waals surface area contributed by atoms with Crippen molar-refractivity contribution < 1.29 is 19.4 Å². The molecule has 0 aliphatic carbocycles. The lowest BCUT2D eigenvalue weighted by Crippen LogP contribution is -2.47. The minimum absolute atomic E-state index is 0.0168. The van der Waals surface area contributed by atoms with Gasteiger partial charge >= 0.3 is 0 Å². The summed E-state index contributed by atoms with van der Waals surface area (Å²) in [5.41, 5.74) is 2.98. The number of pyridine rings is 1. The number of likely N-dealkylation sites (N-methyl/N-ethyl adjacent to an activating group) is 1. The molecule has 4 rings (SSSR count). The second kappa shape index (κ2) is 12.7. The molecular formula is C30H36N4O4. The smallest absolute Gasteiger partial charge is 0.255 e. The lowest BCUT2D eigenvalue weighted by atomic mass is 10.0. The van der Waals surface area contributed by atoms with Crippen molar-refractivity contribution in [1.82, 2.24) is 14.8 Å². The van der Waals surface area contributed by atoms with Crippen molar-refractivity contribution in [1.29, 1.82) is 0 Å². The number of benzene rings is 2. The highest BCUT2D eigenvalue weighted by molar-refractivity contribution is 6.04. The summed E-state index contributed by atoms with van der Waals surface area (Å²) >= 11 is 0. The zero-order valence-corrected chi connectivity index (χ0v) is 22.2. The predicted octanol–water partition coefficient (Wildman–Crippen LogP) is 3.61. The summed E-state index contributed by atoms with van der Waals surface area (Å²) < 4.78 is 6.59. The van der Waals surface area contributed by atoms with Crippen LogP contribution in [0.5, 0.6) is 5.75 Å². The third-order valence-electron chi connectivity index (χ3n) is 6.90. The van der Waals surface area contributed by atoms with Gasteiger partial charge in [-0.3, -0.25) is 19.5 Å². The molecule has 200 valence electrons. The Bertz CT molecular complexity index is 1220. The molecule has 2 amide bonds. The van der Waals surface area contributed by atoms with Crippen molar-refractivity contribution in [3.63, 3.8) is 0 Å². The maximum Gasteiger partial charge on any atom is 0.255 e. The van der Waals surface area contributed by atoms with Gasteiger partial charge in [-0.15, -0.1) is 0 Å². The first-order valence-corrected chi connectivity index (χ1v) is 13.0. The largest absolute Gasteiger partial charge is 0.488 e. The van der Waals surface area contributed by atoms with Crippen molar-refractivity contribution >= 4 is 17.5 Å². The molecule has 8 heteroatoms. The Hall–Kier alpha value is -3.75. The Labute approximate surface area is 224 Å². The molecule has 38 heavy (non-hydrogen) atoms. The Morgan fingerprint density at radius 1 is 1.18 bits per heavy atom. The van der Waals surface area contributed by atoms with Gasteiger partial charge in [0.25, 0.3) is 5.91 Å². The zero-order chi connectivity index (χ0) is 27.1. The molecule has 1 aromatic heterocycles. The van der Waals surface area contributed by atoms with Gasteiger partial charge in [-0.05, 0) is 49.9 Å². The molecule has 3 aromatic rings. The summed E-state index contributed by atoms with van der Waals surface area (Å²) in [6, 6.07) is 18.7. The van der Waals surface area contributed by atoms with E-state index in [0.29, 0.717) is 35.7 Å². The van der Waals surface area contributed by atoms with E-state index in [0.717, 1.165) is 6.54 Å². The van der Waals surface area contributed by atoms with Crippen molar-refractivity contribution in [3.8, 4) is 5.75 Å². The molecule has 2 N–H and O–H groups in total. The summed E-state index contributed by atoms with van der Waals surface area (Å²) in [4.78, 5) is 34.0. The number of nitrogens with one attached hydrogen (secondary N) is 1. The number of amides is 2. The Kier molecular flexibility index (Phi) is 9.10. The molecule has 0 saturated heterocycles. The van der Waals surface area contributed by atoms with Crippen molar-refractivity contribution in [2.24, 2.45) is 5.92 Å². The SMILES string of the molecule is C[C@@H]1CN([C@@H](C)CO)C(=O)Cc2cc(NC(=O)c3ccncc3)ccc2O[C@H]1CN(C)Cc1ccccc1. The van der Waals surface area contributed by atoms with Crippen LogP contribution in [-0.2, 0) is 17.8 Å². The van der Waals surface area contributed by atoms with Crippen LogP contribution in [0.4, 0.5) is 5.69 Å². The first-order valence-electron chi connectivity index (χ1n) is 13.0. The molecule has 1 aliphatic rings. The lowest BCUT2D eigenvalue weighted by Gasteiger charge is -2.34. The highest BCUT2D eigenvalue weighted by Crippen LogP contribution is 2.29. The molecule has 8 nitrogen and oxygen atoms in total. The Morgan fingerprint density at radius 3 is 2.63 bits per heavy atom. The minimum atomic E-state index is -0.316. The number of hydrogen-bond acceptors (Lipinski definition) is 6. The minimum Gasteiger partial charge on any atom is -0.488 e. The van der Waals surface area contributed by atoms with Crippen LogP contribution in [-0.4, -0.2) is 70.6 Å². The van der Waals surface area contributed by atoms with Gasteiger partial charge < -0.3 is 20.1 Å². The van der Waals surface area contributed by atoms with Gasteiger partial charge in [-0.2, -0.15) is 0 Å². The third-order valence-corrected chi connectivity index (χ3v) is 6.90. The molecule has 0 bridgehead atoms. The van der Waals surface area contributed by atoms with Gasteiger partial charge in [0.2, 0.25) is 5.91 Å². The molecule has 0 fully saturated rings. The maximum absolute atomic E-state index is 13.4. The fourth-order valence-corrected chi connectivity index (χ4v) is 4.70. The highest BCUT2D eigenvalue weighted by atomic mass is 16.5. The number of aromatic nitrogens is 1. The Balaban J connectivity index is 1.60. The van der Waals surface area contributed by atoms with E-state index in [1.165, 1.54) is 5.56 Å². The van der Waals surface area contributed by atoms with E-state index >= 15 is 0 Å². The first kappa shape index (κ1) is 27.3. The van der Waals surface area contributed by atoms with E-state index in [4.69, 9.17) is 4.74 Å². The highest BCUT2D eigenvalue weighted by Gasteiger charge is 2.31. The molecule has 0 saturated carbocycles. The van der Waals surface area contributed by atoms with Crippen molar-refractivity contribution in [2.75, 3.05) is 32.1 Å². The standard InChI is InChI=1S/C30H36N4O4/c1-21-17-34(22(2)20-35)29(36)16-25-15-26(32-30(37)24-11-13-31-14-12-24)9-10-27(25)38-28(21)19-33(3)18-23-7-5-4-6-8-23/h4-15,21-22,28,35H,16-20H2,1-3H3,(H,32,37)/t21-,22+,28+/m1/s1. The molecular weight excluding hydrogens is 480 g/mol. The summed E-state index contributed by atoms with van der Waals surface area (Å²) in [5.74, 6) is 0.304. The van der Waals surface area contributed by atoms with Crippen LogP contribution in [0.1, 0.15) is 35.3 Å². The number of carbonyl (C=O) groups is 2. The van der Waals surface area contributed by atoms with Crippen LogP contribution in [0.2, 0.25) is 0 Å². The van der Waals surface area contributed by atoms with E-state index < -0.39 is 0 Å². The number of nitrogens with zero attached hydrogens (tertiary/aromatic N) is 3. The van der Waals surface area contributed by atoms with Gasteiger partial charge in [0.05, 0.1) is 19.1 Å². The second-order valence-electron chi connectivity index (χ2n) is 10.1. The fourth-order valence-electron chi connectivity index (χ4n) is 4.70. The summed E-state index contributed by atoms with van der Waals surface area (Å²) in [5, 5.41) is 12.8. The maximum atomic E-state index is 13.4. The van der Waals surface area contributed by atoms with Gasteiger partial charge in [-0.25, -0.2) is 0 Å². The number of rotatable bonds is 8. The van der Waals surface area contributed by atoms with Gasteiger partial charge in [0.15, 0.2) is 0 Å². The average Bonchev–Trinajstić information content (AvgIpc) is 2.97. The third kappa shape index (κ3) is 6.96. The Morgan fingerprint density at radius 2 is 1.92 bits per heavy atom. The number of aliphatic hydroxyl groups excluding tert-OH is 1. The molecule has 2 aromatic carbocycles. The van der Waals surface area contributed by atoms with E-state index in [9.17, 15) is 14.7 Å². The van der Waals surface area contributed by atoms with E-state index in [-0.39, 0.29) is 42.9 Å². The number of ether oxygens (including phenoxy) is 1. The summed E-state index contributed by atoms with van der Waals surface area (Å²) in [7, 11) is 2.06.